The molecule has 0 radical (unpaired) electrons. The van der Waals surface area contributed by atoms with Crippen LogP contribution < -0.4 is 15.5 Å². The zero-order chi connectivity index (χ0) is 24.9. The van der Waals surface area contributed by atoms with Gasteiger partial charge in [0, 0.05) is 49.2 Å². The third-order valence-corrected chi connectivity index (χ3v) is 5.88. The van der Waals surface area contributed by atoms with Crippen LogP contribution in [0.1, 0.15) is 50.9 Å². The minimum atomic E-state index is -1.05. The van der Waals surface area contributed by atoms with Gasteiger partial charge in [0.1, 0.15) is 5.82 Å². The lowest BCUT2D eigenvalue weighted by Crippen LogP contribution is -2.49. The van der Waals surface area contributed by atoms with Gasteiger partial charge in [-0.3, -0.25) is 14.5 Å². The van der Waals surface area contributed by atoms with Crippen LogP contribution in [0.3, 0.4) is 0 Å². The summed E-state index contributed by atoms with van der Waals surface area (Å²) < 4.78 is 0. The summed E-state index contributed by atoms with van der Waals surface area (Å²) in [7, 11) is 0. The van der Waals surface area contributed by atoms with E-state index >= 15 is 0 Å². The van der Waals surface area contributed by atoms with E-state index in [2.05, 4.69) is 22.5 Å². The molecule has 0 atom stereocenters. The maximum absolute atomic E-state index is 12.3. The Bertz CT molecular complexity index is 1060. The van der Waals surface area contributed by atoms with Crippen LogP contribution in [0.5, 0.6) is 0 Å². The number of pyridine rings is 1. The molecule has 184 valence electrons. The van der Waals surface area contributed by atoms with Crippen LogP contribution in [0, 0.1) is 5.41 Å². The van der Waals surface area contributed by atoms with Gasteiger partial charge in [-0.2, -0.15) is 0 Å². The largest absolute Gasteiger partial charge is 0.478 e. The third-order valence-electron chi connectivity index (χ3n) is 5.88. The van der Waals surface area contributed by atoms with Crippen molar-refractivity contribution in [3.05, 3.63) is 29.8 Å². The molecular formula is C25H35N5O4. The highest BCUT2D eigenvalue weighted by atomic mass is 16.4. The maximum Gasteiger partial charge on any atom is 0.336 e. The number of hydrogen-bond acceptors (Lipinski definition) is 6. The Hall–Kier alpha value is -3.20. The number of carboxylic acids is 1. The number of unbranched alkanes of at least 4 members (excludes halogenated alkanes) is 1. The molecule has 2 heterocycles. The molecule has 9 nitrogen and oxygen atoms in total. The lowest BCUT2D eigenvalue weighted by molar-refractivity contribution is -0.123. The van der Waals surface area contributed by atoms with E-state index in [9.17, 15) is 19.5 Å². The van der Waals surface area contributed by atoms with Gasteiger partial charge >= 0.3 is 5.97 Å². The Morgan fingerprint density at radius 2 is 1.79 bits per heavy atom. The molecule has 0 spiro atoms. The molecule has 3 rings (SSSR count). The molecule has 9 heteroatoms. The Morgan fingerprint density at radius 3 is 2.41 bits per heavy atom. The van der Waals surface area contributed by atoms with Crippen molar-refractivity contribution in [2.75, 3.05) is 49.5 Å². The van der Waals surface area contributed by atoms with E-state index in [-0.39, 0.29) is 17.4 Å². The summed E-state index contributed by atoms with van der Waals surface area (Å²) in [4.78, 5) is 45.3. The second-order valence-corrected chi connectivity index (χ2v) is 9.74. The minimum absolute atomic E-state index is 0.0354. The summed E-state index contributed by atoms with van der Waals surface area (Å²) in [6, 6.07) is 6.73. The van der Waals surface area contributed by atoms with E-state index in [4.69, 9.17) is 4.98 Å². The molecule has 1 aliphatic heterocycles. The van der Waals surface area contributed by atoms with Crippen LogP contribution in [0.15, 0.2) is 24.3 Å². The standard InChI is InChI=1S/C25H35N5O4/c1-5-6-9-26-22(31)16-29-10-12-30(13-11-29)21-15-19(23(32)33)18-14-17(7-8-20(18)28-21)27-24(34)25(2,3)4/h7-8,14-15H,5-6,9-13,16H2,1-4H3,(H,26,31)(H,27,34)(H,32,33). The first-order valence-corrected chi connectivity index (χ1v) is 11.8. The summed E-state index contributed by atoms with van der Waals surface area (Å²) >= 11 is 0. The van der Waals surface area contributed by atoms with Crippen LogP contribution in [0.4, 0.5) is 11.5 Å². The van der Waals surface area contributed by atoms with E-state index in [1.165, 1.54) is 0 Å². The zero-order valence-electron chi connectivity index (χ0n) is 20.5. The van der Waals surface area contributed by atoms with Gasteiger partial charge in [-0.1, -0.05) is 34.1 Å². The predicted molar refractivity (Wildman–Crippen MR) is 133 cm³/mol. The Kier molecular flexibility index (Phi) is 8.09. The smallest absolute Gasteiger partial charge is 0.336 e. The monoisotopic (exact) mass is 469 g/mol. The summed E-state index contributed by atoms with van der Waals surface area (Å²) in [5, 5.41) is 16.1. The molecule has 1 aliphatic rings. The minimum Gasteiger partial charge on any atom is -0.478 e. The fourth-order valence-electron chi connectivity index (χ4n) is 3.75. The summed E-state index contributed by atoms with van der Waals surface area (Å²) in [6.45, 7) is 11.3. The summed E-state index contributed by atoms with van der Waals surface area (Å²) in [6.07, 6.45) is 2.02. The van der Waals surface area contributed by atoms with Gasteiger partial charge in [-0.25, -0.2) is 9.78 Å². The van der Waals surface area contributed by atoms with Crippen LogP contribution >= 0.6 is 0 Å². The van der Waals surface area contributed by atoms with Crippen molar-refractivity contribution >= 4 is 40.2 Å². The molecule has 3 N–H and O–H groups in total. The number of hydrogen-bond donors (Lipinski definition) is 3. The van der Waals surface area contributed by atoms with Gasteiger partial charge in [-0.15, -0.1) is 0 Å². The van der Waals surface area contributed by atoms with E-state index in [1.54, 1.807) is 24.3 Å². The summed E-state index contributed by atoms with van der Waals surface area (Å²) in [5.41, 5.74) is 0.673. The number of aromatic carboxylic acids is 1. The van der Waals surface area contributed by atoms with Crippen molar-refractivity contribution in [2.24, 2.45) is 5.41 Å². The molecule has 2 aromatic rings. The molecule has 0 bridgehead atoms. The second kappa shape index (κ2) is 10.8. The van der Waals surface area contributed by atoms with Crippen molar-refractivity contribution in [1.29, 1.82) is 0 Å². The average Bonchev–Trinajstić information content (AvgIpc) is 2.78. The first-order valence-electron chi connectivity index (χ1n) is 11.8. The van der Waals surface area contributed by atoms with Crippen molar-refractivity contribution in [2.45, 2.75) is 40.5 Å². The predicted octanol–water partition coefficient (Wildman–Crippen LogP) is 2.96. The van der Waals surface area contributed by atoms with Crippen molar-refractivity contribution in [3.63, 3.8) is 0 Å². The van der Waals surface area contributed by atoms with Crippen molar-refractivity contribution in [1.82, 2.24) is 15.2 Å². The third kappa shape index (κ3) is 6.44. The number of carboxylic acid groups (broad SMARTS) is 1. The average molecular weight is 470 g/mol. The molecule has 2 amide bonds. The van der Waals surface area contributed by atoms with Crippen molar-refractivity contribution < 1.29 is 19.5 Å². The molecule has 0 aliphatic carbocycles. The van der Waals surface area contributed by atoms with Gasteiger partial charge in [0.15, 0.2) is 0 Å². The van der Waals surface area contributed by atoms with E-state index in [0.717, 1.165) is 12.8 Å². The molecule has 34 heavy (non-hydrogen) atoms. The second-order valence-electron chi connectivity index (χ2n) is 9.74. The van der Waals surface area contributed by atoms with E-state index < -0.39 is 11.4 Å². The number of carbonyl (C=O) groups excluding carboxylic acids is 2. The highest BCUT2D eigenvalue weighted by Gasteiger charge is 2.24. The first-order chi connectivity index (χ1) is 16.1. The fraction of sp³-hybridized carbons (Fsp3) is 0.520. The number of nitrogens with one attached hydrogen (secondary N) is 2. The van der Waals surface area contributed by atoms with Gasteiger partial charge in [0.2, 0.25) is 11.8 Å². The number of rotatable bonds is 8. The number of benzene rings is 1. The molecule has 0 unspecified atom stereocenters. The van der Waals surface area contributed by atoms with Crippen LogP contribution in [0.2, 0.25) is 0 Å². The lowest BCUT2D eigenvalue weighted by atomic mass is 9.95. The van der Waals surface area contributed by atoms with Gasteiger partial charge < -0.3 is 20.6 Å². The van der Waals surface area contributed by atoms with E-state index in [0.29, 0.717) is 61.7 Å². The molecule has 1 saturated heterocycles. The first kappa shape index (κ1) is 25.4. The van der Waals surface area contributed by atoms with Gasteiger partial charge in [0.05, 0.1) is 17.6 Å². The number of aromatic nitrogens is 1. The number of carbonyl (C=O) groups is 3. The van der Waals surface area contributed by atoms with Crippen LogP contribution in [-0.2, 0) is 9.59 Å². The van der Waals surface area contributed by atoms with Gasteiger partial charge in [-0.05, 0) is 30.7 Å². The fourth-order valence-corrected chi connectivity index (χ4v) is 3.75. The van der Waals surface area contributed by atoms with Crippen LogP contribution in [0.25, 0.3) is 10.9 Å². The lowest BCUT2D eigenvalue weighted by Gasteiger charge is -2.35. The van der Waals surface area contributed by atoms with E-state index in [1.807, 2.05) is 25.7 Å². The Labute approximate surface area is 200 Å². The van der Waals surface area contributed by atoms with Crippen LogP contribution in [-0.4, -0.2) is 72.0 Å². The Morgan fingerprint density at radius 1 is 1.09 bits per heavy atom. The maximum atomic E-state index is 12.3. The Balaban J connectivity index is 1.73. The zero-order valence-corrected chi connectivity index (χ0v) is 20.5. The molecule has 1 aromatic carbocycles. The quantitative estimate of drug-likeness (QED) is 0.509. The topological polar surface area (TPSA) is 115 Å². The normalized spacial score (nSPS) is 14.8. The van der Waals surface area contributed by atoms with Crippen molar-refractivity contribution in [3.8, 4) is 0 Å². The number of nitrogens with zero attached hydrogens (tertiary/aromatic N) is 3. The highest BCUT2D eigenvalue weighted by Crippen LogP contribution is 2.27. The summed E-state index contributed by atoms with van der Waals surface area (Å²) in [5.74, 6) is -0.558. The molecule has 1 fully saturated rings. The van der Waals surface area contributed by atoms with Gasteiger partial charge in [0.25, 0.3) is 0 Å². The molecule has 0 saturated carbocycles. The molecular weight excluding hydrogens is 434 g/mol. The number of anilines is 2. The molecule has 1 aromatic heterocycles. The number of piperazine rings is 1. The SMILES string of the molecule is CCCCNC(=O)CN1CCN(c2cc(C(=O)O)c3cc(NC(=O)C(C)(C)C)ccc3n2)CC1. The number of amides is 2. The highest BCUT2D eigenvalue weighted by molar-refractivity contribution is 6.05. The number of fused-ring (bicyclic) bond motifs is 1.